The van der Waals surface area contributed by atoms with Gasteiger partial charge in [0.05, 0.1) is 51.9 Å². The zero-order chi connectivity index (χ0) is 38.7. The van der Waals surface area contributed by atoms with Gasteiger partial charge in [0.1, 0.15) is 30.8 Å². The predicted molar refractivity (Wildman–Crippen MR) is 187 cm³/mol. The van der Waals surface area contributed by atoms with Crippen LogP contribution in [0.25, 0.3) is 0 Å². The Balaban J connectivity index is 2.12. The molecule has 0 bridgehead atoms. The van der Waals surface area contributed by atoms with Crippen molar-refractivity contribution in [1.29, 1.82) is 0 Å². The number of primary amides is 1. The highest BCUT2D eigenvalue weighted by Crippen LogP contribution is 2.26. The lowest BCUT2D eigenvalue weighted by atomic mass is 9.85. The molecule has 2 saturated heterocycles. The number of nitrogens with two attached hydrogens (primary N) is 2. The maximum atomic E-state index is 13.7. The van der Waals surface area contributed by atoms with Crippen molar-refractivity contribution >= 4 is 59.0 Å². The average molecular weight is 760 g/mol. The Morgan fingerprint density at radius 3 is 2.17 bits per heavy atom. The zero-order valence-corrected chi connectivity index (χ0v) is 30.7. The first-order valence-electron chi connectivity index (χ1n) is 16.9. The topological polar surface area (TPSA) is 292 Å². The van der Waals surface area contributed by atoms with Crippen LogP contribution in [0.4, 0.5) is 0 Å². The van der Waals surface area contributed by atoms with E-state index in [-0.39, 0.29) is 37.9 Å². The third kappa shape index (κ3) is 16.1. The van der Waals surface area contributed by atoms with Gasteiger partial charge in [-0.3, -0.25) is 38.4 Å². The molecule has 0 saturated carbocycles. The Morgan fingerprint density at radius 1 is 0.865 bits per heavy atom. The molecule has 2 rings (SSSR count). The summed E-state index contributed by atoms with van der Waals surface area (Å²) in [5, 5.41) is 14.8. The molecular weight excluding hydrogens is 706 g/mol. The van der Waals surface area contributed by atoms with Crippen LogP contribution in [-0.4, -0.2) is 160 Å². The van der Waals surface area contributed by atoms with Gasteiger partial charge in [-0.05, 0) is 18.3 Å². The van der Waals surface area contributed by atoms with Gasteiger partial charge in [-0.25, -0.2) is 0 Å². The maximum Gasteiger partial charge on any atom is 0.246 e. The Morgan fingerprint density at radius 2 is 1.52 bits per heavy atom. The van der Waals surface area contributed by atoms with Gasteiger partial charge in [-0.1, -0.05) is 20.8 Å². The smallest absolute Gasteiger partial charge is 0.246 e. The minimum atomic E-state index is -1.43. The molecule has 21 heteroatoms. The van der Waals surface area contributed by atoms with Gasteiger partial charge in [-0.15, -0.1) is 11.8 Å². The first-order valence-corrected chi connectivity index (χ1v) is 18.1. The van der Waals surface area contributed by atoms with E-state index >= 15 is 0 Å². The molecule has 0 aliphatic carbocycles. The minimum absolute atomic E-state index is 0.0905. The van der Waals surface area contributed by atoms with E-state index in [9.17, 15) is 38.4 Å². The van der Waals surface area contributed by atoms with Crippen molar-refractivity contribution in [2.45, 2.75) is 57.8 Å². The summed E-state index contributed by atoms with van der Waals surface area (Å²) in [6.45, 7) is 5.41. The number of fused-ring (bicyclic) bond motifs is 1. The molecule has 294 valence electrons. The summed E-state index contributed by atoms with van der Waals surface area (Å²) in [5.41, 5.74) is 10.1. The summed E-state index contributed by atoms with van der Waals surface area (Å²) in [5.74, 6) is -5.91. The summed E-state index contributed by atoms with van der Waals surface area (Å²) in [4.78, 5) is 104. The van der Waals surface area contributed by atoms with Crippen LogP contribution in [0.15, 0.2) is 0 Å². The molecule has 2 heterocycles. The number of nitrogens with zero attached hydrogens (tertiary/aromatic N) is 1. The normalized spacial score (nSPS) is 23.3. The molecule has 2 aliphatic heterocycles. The van der Waals surface area contributed by atoms with Gasteiger partial charge in [0.15, 0.2) is 0 Å². The summed E-state index contributed by atoms with van der Waals surface area (Å²) in [6.07, 6.45) is 0.884. The monoisotopic (exact) mass is 759 g/mol. The van der Waals surface area contributed by atoms with Crippen LogP contribution in [-0.2, 0) is 52.6 Å². The van der Waals surface area contributed by atoms with Crippen molar-refractivity contribution in [2.24, 2.45) is 16.9 Å². The fraction of sp³-hybridized carbons (Fsp3) is 0.742. The zero-order valence-electron chi connectivity index (χ0n) is 29.9. The molecule has 20 nitrogen and oxygen atoms in total. The molecule has 2 aliphatic rings. The third-order valence-corrected chi connectivity index (χ3v) is 8.73. The standard InChI is InChI=1S/C31H53N9O11S/c1-31(2,3)26-30(48)40-7-4-5-21(40)29(47)36-14-22(41)35-15-23(42)37-19(28(46)38-20(27(33)45)17-52-18-25(44)39-26)13-34-24(43)16-51-12-11-50-10-9-49-8-6-32/h19-21,26H,4-18,32H2,1-3H3,(H2,33,45)(H,34,43)(H,35,41)(H,36,47)(H,37,42)(H,38,46)(H,39,44)/t19-,20-,21+,26-/m1/s1. The number of hydrogen-bond donors (Lipinski definition) is 8. The van der Waals surface area contributed by atoms with Crippen LogP contribution in [0.2, 0.25) is 0 Å². The largest absolute Gasteiger partial charge is 0.378 e. The van der Waals surface area contributed by atoms with E-state index in [1.807, 2.05) is 0 Å². The lowest BCUT2D eigenvalue weighted by molar-refractivity contribution is -0.143. The van der Waals surface area contributed by atoms with Crippen LogP contribution in [0.5, 0.6) is 0 Å². The van der Waals surface area contributed by atoms with Gasteiger partial charge in [0.2, 0.25) is 47.3 Å². The number of carbonyl (C=O) groups is 8. The summed E-state index contributed by atoms with van der Waals surface area (Å²) < 4.78 is 15.7. The van der Waals surface area contributed by atoms with E-state index in [1.54, 1.807) is 20.8 Å². The number of hydrogen-bond acceptors (Lipinski definition) is 13. The van der Waals surface area contributed by atoms with E-state index in [0.717, 1.165) is 11.8 Å². The van der Waals surface area contributed by atoms with Gasteiger partial charge < -0.3 is 62.5 Å². The molecule has 0 aromatic carbocycles. The molecule has 2 fully saturated rings. The van der Waals surface area contributed by atoms with E-state index in [4.69, 9.17) is 25.7 Å². The lowest BCUT2D eigenvalue weighted by Crippen LogP contribution is -2.58. The number of rotatable bonds is 13. The number of nitrogens with one attached hydrogen (secondary N) is 6. The second kappa shape index (κ2) is 22.8. The quantitative estimate of drug-likeness (QED) is 0.0818. The molecule has 0 spiro atoms. The first-order chi connectivity index (χ1) is 24.6. The number of carbonyl (C=O) groups excluding carboxylic acids is 8. The minimum Gasteiger partial charge on any atom is -0.378 e. The Kier molecular flexibility index (Phi) is 19.3. The molecule has 0 radical (unpaired) electrons. The summed E-state index contributed by atoms with van der Waals surface area (Å²) in [7, 11) is 0. The SMILES string of the molecule is CC(C)(C)[C@@H]1NC(=O)CSC[C@H](C(N)=O)NC(=O)[C@@H](CNC(=O)COCCOCCOCCN)NC(=O)CNC(=O)CNC(=O)[C@@H]2CCCN2C1=O. The summed E-state index contributed by atoms with van der Waals surface area (Å²) in [6, 6.07) is -4.60. The van der Waals surface area contributed by atoms with Gasteiger partial charge in [0, 0.05) is 25.4 Å². The highest BCUT2D eigenvalue weighted by Gasteiger charge is 2.42. The van der Waals surface area contributed by atoms with Gasteiger partial charge in [-0.2, -0.15) is 0 Å². The second-order valence-corrected chi connectivity index (χ2v) is 14.0. The van der Waals surface area contributed by atoms with Crippen LogP contribution in [0.1, 0.15) is 33.6 Å². The van der Waals surface area contributed by atoms with E-state index in [1.165, 1.54) is 4.90 Å². The van der Waals surface area contributed by atoms with E-state index < -0.39 is 96.5 Å². The Bertz CT molecular complexity index is 1270. The van der Waals surface area contributed by atoms with Crippen LogP contribution in [0, 0.1) is 5.41 Å². The molecule has 4 atom stereocenters. The number of amides is 8. The molecule has 10 N–H and O–H groups in total. The van der Waals surface area contributed by atoms with Crippen molar-refractivity contribution < 1.29 is 52.6 Å². The fourth-order valence-electron chi connectivity index (χ4n) is 4.99. The maximum absolute atomic E-state index is 13.7. The van der Waals surface area contributed by atoms with Crippen LogP contribution >= 0.6 is 11.8 Å². The average Bonchev–Trinajstić information content (AvgIpc) is 3.58. The molecule has 52 heavy (non-hydrogen) atoms. The summed E-state index contributed by atoms with van der Waals surface area (Å²) >= 11 is 0.965. The number of thioether (sulfide) groups is 1. The number of ether oxygens (including phenoxy) is 3. The van der Waals surface area contributed by atoms with Crippen LogP contribution in [0.3, 0.4) is 0 Å². The van der Waals surface area contributed by atoms with Crippen molar-refractivity contribution in [1.82, 2.24) is 36.8 Å². The van der Waals surface area contributed by atoms with Crippen LogP contribution < -0.4 is 43.4 Å². The first kappa shape index (κ1) is 44.1. The fourth-order valence-corrected chi connectivity index (χ4v) is 5.86. The molecule has 0 aromatic rings. The highest BCUT2D eigenvalue weighted by atomic mass is 32.2. The van der Waals surface area contributed by atoms with Crippen molar-refractivity contribution in [2.75, 3.05) is 83.9 Å². The Hall–Kier alpha value is -4.05. The predicted octanol–water partition coefficient (Wildman–Crippen LogP) is -4.93. The van der Waals surface area contributed by atoms with Crippen molar-refractivity contribution in [3.05, 3.63) is 0 Å². The molecule has 0 unspecified atom stereocenters. The Labute approximate surface area is 306 Å². The molecular formula is C31H53N9O11S. The van der Waals surface area contributed by atoms with E-state index in [2.05, 4.69) is 31.9 Å². The second-order valence-electron chi connectivity index (χ2n) is 13.0. The van der Waals surface area contributed by atoms with Crippen molar-refractivity contribution in [3.8, 4) is 0 Å². The lowest BCUT2D eigenvalue weighted by Gasteiger charge is -2.35. The van der Waals surface area contributed by atoms with Crippen molar-refractivity contribution in [3.63, 3.8) is 0 Å². The van der Waals surface area contributed by atoms with Gasteiger partial charge >= 0.3 is 0 Å². The van der Waals surface area contributed by atoms with E-state index in [0.29, 0.717) is 39.2 Å². The highest BCUT2D eigenvalue weighted by molar-refractivity contribution is 8.00. The van der Waals surface area contributed by atoms with Gasteiger partial charge in [0.25, 0.3) is 0 Å². The molecule has 0 aromatic heterocycles. The molecule has 8 amide bonds. The third-order valence-electron chi connectivity index (χ3n) is 7.70.